The fraction of sp³-hybridized carbons (Fsp3) is 0.450. The lowest BCUT2D eigenvalue weighted by molar-refractivity contribution is -0.147. The summed E-state index contributed by atoms with van der Waals surface area (Å²) in [4.78, 5) is 40.7. The molecule has 32 heavy (non-hydrogen) atoms. The van der Waals surface area contributed by atoms with Crippen LogP contribution < -0.4 is 0 Å². The average Bonchev–Trinajstić information content (AvgIpc) is 3.38. The van der Waals surface area contributed by atoms with Gasteiger partial charge in [-0.25, -0.2) is 8.42 Å². The van der Waals surface area contributed by atoms with Crippen LogP contribution in [0.4, 0.5) is 0 Å². The Morgan fingerprint density at radius 3 is 2.31 bits per heavy atom. The van der Waals surface area contributed by atoms with Crippen LogP contribution in [-0.2, 0) is 24.4 Å². The molecule has 0 saturated carbocycles. The number of carbonyl (C=O) groups excluding carboxylic acids is 3. The number of hydrogen-bond acceptors (Lipinski definition) is 8. The van der Waals surface area contributed by atoms with E-state index in [-0.39, 0.29) is 67.2 Å². The highest BCUT2D eigenvalue weighted by Crippen LogP contribution is 2.35. The van der Waals surface area contributed by atoms with E-state index in [0.29, 0.717) is 23.9 Å². The number of rotatable bonds is 4. The van der Waals surface area contributed by atoms with Gasteiger partial charge in [-0.1, -0.05) is 18.2 Å². The van der Waals surface area contributed by atoms with Crippen LogP contribution in [0.15, 0.2) is 35.2 Å². The molecule has 0 radical (unpaired) electrons. The van der Waals surface area contributed by atoms with Crippen molar-refractivity contribution in [1.82, 2.24) is 22.9 Å². The van der Waals surface area contributed by atoms with Crippen LogP contribution >= 0.6 is 11.7 Å². The van der Waals surface area contributed by atoms with Gasteiger partial charge in [0.15, 0.2) is 0 Å². The zero-order chi connectivity index (χ0) is 22.5. The highest BCUT2D eigenvalue weighted by molar-refractivity contribution is 7.89. The van der Waals surface area contributed by atoms with Crippen molar-refractivity contribution in [3.8, 4) is 0 Å². The van der Waals surface area contributed by atoms with Crippen LogP contribution in [0.25, 0.3) is 11.0 Å². The molecule has 3 aliphatic rings. The number of sulfonamides is 1. The third-order valence-corrected chi connectivity index (χ3v) is 8.82. The lowest BCUT2D eigenvalue weighted by atomic mass is 9.85. The fourth-order valence-electron chi connectivity index (χ4n) is 4.57. The van der Waals surface area contributed by atoms with E-state index in [1.54, 1.807) is 12.1 Å². The molecule has 168 valence electrons. The van der Waals surface area contributed by atoms with Gasteiger partial charge in [0.1, 0.15) is 22.5 Å². The van der Waals surface area contributed by atoms with Crippen LogP contribution in [-0.4, -0.2) is 81.7 Å². The number of allylic oxidation sites excluding steroid dienone is 2. The zero-order valence-corrected chi connectivity index (χ0v) is 18.7. The van der Waals surface area contributed by atoms with Gasteiger partial charge in [-0.05, 0) is 25.0 Å². The van der Waals surface area contributed by atoms with Crippen molar-refractivity contribution in [2.24, 2.45) is 11.8 Å². The minimum absolute atomic E-state index is 0.105. The first-order chi connectivity index (χ1) is 15.4. The minimum Gasteiger partial charge on any atom is -0.338 e. The monoisotopic (exact) mass is 475 g/mol. The molecule has 1 aromatic carbocycles. The molecule has 12 heteroatoms. The van der Waals surface area contributed by atoms with Crippen molar-refractivity contribution >= 4 is 50.5 Å². The number of carbonyl (C=O) groups is 3. The van der Waals surface area contributed by atoms with Gasteiger partial charge in [0.25, 0.3) is 0 Å². The number of benzene rings is 1. The van der Waals surface area contributed by atoms with E-state index in [0.717, 1.165) is 16.6 Å². The van der Waals surface area contributed by atoms with Gasteiger partial charge in [-0.15, -0.1) is 0 Å². The van der Waals surface area contributed by atoms with Gasteiger partial charge in [0, 0.05) is 26.2 Å². The van der Waals surface area contributed by atoms with Crippen molar-refractivity contribution in [2.75, 3.05) is 32.7 Å². The summed E-state index contributed by atoms with van der Waals surface area (Å²) in [5.74, 6) is -1.66. The zero-order valence-electron chi connectivity index (χ0n) is 17.1. The van der Waals surface area contributed by atoms with Crippen LogP contribution in [0.2, 0.25) is 0 Å². The van der Waals surface area contributed by atoms with Crippen LogP contribution in [0.5, 0.6) is 0 Å². The second kappa shape index (κ2) is 8.01. The first-order valence-electron chi connectivity index (χ1n) is 10.4. The molecule has 2 atom stereocenters. The SMILES string of the molecule is O=C(CN1C(=O)[C@@H]2CC=CC[C@H]2C1=O)N1CCN(S(=O)(=O)c2cccc3nsnc23)CC1. The number of likely N-dealkylation sites (tertiary alicyclic amines) is 1. The van der Waals surface area contributed by atoms with E-state index in [9.17, 15) is 22.8 Å². The van der Waals surface area contributed by atoms with Crippen LogP contribution in [0, 0.1) is 11.8 Å². The molecular weight excluding hydrogens is 454 g/mol. The van der Waals surface area contributed by atoms with Crippen LogP contribution in [0.1, 0.15) is 12.8 Å². The van der Waals surface area contributed by atoms with Crippen molar-refractivity contribution in [1.29, 1.82) is 0 Å². The smallest absolute Gasteiger partial charge is 0.245 e. The number of hydrogen-bond donors (Lipinski definition) is 0. The van der Waals surface area contributed by atoms with Crippen molar-refractivity contribution in [3.63, 3.8) is 0 Å². The Balaban J connectivity index is 1.24. The predicted molar refractivity (Wildman–Crippen MR) is 115 cm³/mol. The maximum absolute atomic E-state index is 13.1. The Morgan fingerprint density at radius 2 is 1.66 bits per heavy atom. The maximum atomic E-state index is 13.1. The summed E-state index contributed by atoms with van der Waals surface area (Å²) in [6.45, 7) is 0.335. The number of amides is 3. The quantitative estimate of drug-likeness (QED) is 0.466. The third kappa shape index (κ3) is 3.42. The molecule has 10 nitrogen and oxygen atoms in total. The normalized spacial score (nSPS) is 24.4. The molecule has 2 saturated heterocycles. The minimum atomic E-state index is -3.79. The molecule has 2 aliphatic heterocycles. The highest BCUT2D eigenvalue weighted by Gasteiger charge is 2.48. The summed E-state index contributed by atoms with van der Waals surface area (Å²) < 4.78 is 35.8. The van der Waals surface area contributed by atoms with Crippen molar-refractivity contribution in [2.45, 2.75) is 17.7 Å². The molecule has 1 aromatic heterocycles. The van der Waals surface area contributed by atoms with E-state index < -0.39 is 10.0 Å². The maximum Gasteiger partial charge on any atom is 0.245 e. The topological polar surface area (TPSA) is 121 Å². The Kier molecular flexibility index (Phi) is 5.30. The summed E-state index contributed by atoms with van der Waals surface area (Å²) >= 11 is 0.957. The van der Waals surface area contributed by atoms with E-state index >= 15 is 0 Å². The van der Waals surface area contributed by atoms with Gasteiger partial charge in [0.2, 0.25) is 27.7 Å². The average molecular weight is 476 g/mol. The van der Waals surface area contributed by atoms with Gasteiger partial charge >= 0.3 is 0 Å². The lowest BCUT2D eigenvalue weighted by Crippen LogP contribution is -2.53. The summed E-state index contributed by atoms with van der Waals surface area (Å²) in [6.07, 6.45) is 4.86. The first kappa shape index (κ1) is 21.2. The van der Waals surface area contributed by atoms with E-state index in [4.69, 9.17) is 0 Å². The second-order valence-electron chi connectivity index (χ2n) is 8.09. The summed E-state index contributed by atoms with van der Waals surface area (Å²) in [7, 11) is -3.79. The number of nitrogens with zero attached hydrogens (tertiary/aromatic N) is 5. The molecule has 2 aromatic rings. The summed E-state index contributed by atoms with van der Waals surface area (Å²) in [5.41, 5.74) is 0.874. The molecule has 1 aliphatic carbocycles. The molecule has 2 fully saturated rings. The Morgan fingerprint density at radius 1 is 1.00 bits per heavy atom. The molecule has 0 spiro atoms. The molecule has 0 N–H and O–H groups in total. The molecular formula is C20H21N5O5S2. The van der Waals surface area contributed by atoms with E-state index in [1.165, 1.54) is 15.3 Å². The number of fused-ring (bicyclic) bond motifs is 2. The molecule has 3 amide bonds. The van der Waals surface area contributed by atoms with E-state index in [2.05, 4.69) is 8.75 Å². The van der Waals surface area contributed by atoms with Crippen molar-refractivity contribution < 1.29 is 22.8 Å². The molecule has 0 bridgehead atoms. The molecule has 5 rings (SSSR count). The van der Waals surface area contributed by atoms with Gasteiger partial charge < -0.3 is 4.90 Å². The second-order valence-corrected chi connectivity index (χ2v) is 10.5. The van der Waals surface area contributed by atoms with Crippen LogP contribution in [0.3, 0.4) is 0 Å². The van der Waals surface area contributed by atoms with Gasteiger partial charge in [-0.2, -0.15) is 13.1 Å². The summed E-state index contributed by atoms with van der Waals surface area (Å²) in [5, 5.41) is 0. The fourth-order valence-corrected chi connectivity index (χ4v) is 6.74. The Bertz CT molecular complexity index is 1210. The molecule has 0 unspecified atom stereocenters. The first-order valence-corrected chi connectivity index (χ1v) is 12.5. The highest BCUT2D eigenvalue weighted by atomic mass is 32.2. The predicted octanol–water partition coefficient (Wildman–Crippen LogP) is 0.475. The Labute approximate surface area is 188 Å². The lowest BCUT2D eigenvalue weighted by Gasteiger charge is -2.34. The van der Waals surface area contributed by atoms with Crippen molar-refractivity contribution in [3.05, 3.63) is 30.4 Å². The van der Waals surface area contributed by atoms with Gasteiger partial charge in [-0.3, -0.25) is 19.3 Å². The summed E-state index contributed by atoms with van der Waals surface area (Å²) in [6, 6.07) is 4.85. The number of piperazine rings is 1. The third-order valence-electron chi connectivity index (χ3n) is 6.35. The van der Waals surface area contributed by atoms with E-state index in [1.807, 2.05) is 12.2 Å². The molecule has 3 heterocycles. The largest absolute Gasteiger partial charge is 0.338 e. The number of imide groups is 1. The number of aromatic nitrogens is 2. The van der Waals surface area contributed by atoms with Gasteiger partial charge in [0.05, 0.1) is 23.6 Å². The standard InChI is InChI=1S/C20H21N5O5S2/c26-17(12-25-19(27)13-4-1-2-5-14(13)20(25)28)23-8-10-24(11-9-23)32(29,30)16-7-3-6-15-18(16)22-31-21-15/h1-3,6-7,13-14H,4-5,8-12H2/t13-,14-/m1/s1. The Hall–Kier alpha value is -2.70.